The van der Waals surface area contributed by atoms with Gasteiger partial charge < -0.3 is 10.1 Å². The number of aliphatic imine (C=N–C) groups is 1. The zero-order valence-corrected chi connectivity index (χ0v) is 15.4. The van der Waals surface area contributed by atoms with Gasteiger partial charge in [0.15, 0.2) is 0 Å². The summed E-state index contributed by atoms with van der Waals surface area (Å²) in [5, 5.41) is 6.66. The van der Waals surface area contributed by atoms with Gasteiger partial charge in [-0.1, -0.05) is 35.9 Å². The third-order valence-corrected chi connectivity index (χ3v) is 4.43. The third kappa shape index (κ3) is 5.07. The second-order valence-electron chi connectivity index (χ2n) is 6.23. The van der Waals surface area contributed by atoms with Gasteiger partial charge in [0, 0.05) is 22.9 Å². The molecule has 1 fully saturated rings. The normalized spacial score (nSPS) is 17.2. The topological polar surface area (TPSA) is 62.7 Å². The molecule has 0 saturated carbocycles. The zero-order chi connectivity index (χ0) is 18.4. The lowest BCUT2D eigenvalue weighted by atomic mass is 10.2. The van der Waals surface area contributed by atoms with Crippen LogP contribution in [0, 0.1) is 6.92 Å². The minimum absolute atomic E-state index is 0.0980. The molecule has 2 N–H and O–H groups in total. The summed E-state index contributed by atoms with van der Waals surface area (Å²) in [6, 6.07) is 14.6. The predicted octanol–water partition coefficient (Wildman–Crippen LogP) is 4.03. The van der Waals surface area contributed by atoms with Gasteiger partial charge in [-0.3, -0.25) is 10.1 Å². The molecule has 0 bridgehead atoms. The molecule has 0 aromatic heterocycles. The minimum atomic E-state index is -0.219. The Bertz CT molecular complexity index is 787. The average Bonchev–Trinajstić information content (AvgIpc) is 3.17. The summed E-state index contributed by atoms with van der Waals surface area (Å²) in [7, 11) is 0. The van der Waals surface area contributed by atoms with Crippen molar-refractivity contribution in [3.8, 4) is 0 Å². The van der Waals surface area contributed by atoms with Crippen molar-refractivity contribution in [2.24, 2.45) is 4.99 Å². The first kappa shape index (κ1) is 18.4. The first-order chi connectivity index (χ1) is 12.6. The van der Waals surface area contributed by atoms with Crippen molar-refractivity contribution in [3.05, 3.63) is 64.7 Å². The summed E-state index contributed by atoms with van der Waals surface area (Å²) >= 11 is 6.10. The first-order valence-corrected chi connectivity index (χ1v) is 9.05. The molecule has 1 heterocycles. The molecule has 0 aliphatic carbocycles. The van der Waals surface area contributed by atoms with Gasteiger partial charge >= 0.3 is 0 Å². The van der Waals surface area contributed by atoms with E-state index in [-0.39, 0.29) is 12.0 Å². The van der Waals surface area contributed by atoms with Crippen molar-refractivity contribution < 1.29 is 9.53 Å². The van der Waals surface area contributed by atoms with E-state index < -0.39 is 0 Å². The highest BCUT2D eigenvalue weighted by atomic mass is 35.5. The van der Waals surface area contributed by atoms with Crippen LogP contribution >= 0.6 is 11.6 Å². The van der Waals surface area contributed by atoms with Crippen LogP contribution in [0.1, 0.15) is 28.8 Å². The quantitative estimate of drug-likeness (QED) is 0.630. The van der Waals surface area contributed by atoms with Crippen LogP contribution in [-0.4, -0.2) is 31.1 Å². The van der Waals surface area contributed by atoms with Crippen molar-refractivity contribution in [2.75, 3.05) is 18.5 Å². The number of nitrogens with one attached hydrogen (secondary N) is 2. The molecule has 1 atom stereocenters. The number of anilines is 1. The molecule has 0 unspecified atom stereocenters. The first-order valence-electron chi connectivity index (χ1n) is 8.67. The molecule has 0 spiro atoms. The van der Waals surface area contributed by atoms with Crippen LogP contribution in [0.3, 0.4) is 0 Å². The van der Waals surface area contributed by atoms with Crippen LogP contribution in [0.25, 0.3) is 0 Å². The van der Waals surface area contributed by atoms with Gasteiger partial charge in [-0.05, 0) is 49.6 Å². The summed E-state index contributed by atoms with van der Waals surface area (Å²) in [4.78, 5) is 17.0. The molecule has 5 nitrogen and oxygen atoms in total. The highest BCUT2D eigenvalue weighted by Crippen LogP contribution is 2.20. The molecule has 26 heavy (non-hydrogen) atoms. The summed E-state index contributed by atoms with van der Waals surface area (Å²) in [6.07, 6.45) is 2.13. The van der Waals surface area contributed by atoms with E-state index in [4.69, 9.17) is 16.3 Å². The van der Waals surface area contributed by atoms with Crippen LogP contribution in [-0.2, 0) is 4.74 Å². The predicted molar refractivity (Wildman–Crippen MR) is 105 cm³/mol. The number of nitrogens with zero attached hydrogens (tertiary/aromatic N) is 1. The van der Waals surface area contributed by atoms with Crippen molar-refractivity contribution >= 4 is 29.2 Å². The van der Waals surface area contributed by atoms with E-state index in [0.717, 1.165) is 30.7 Å². The van der Waals surface area contributed by atoms with E-state index in [2.05, 4.69) is 15.6 Å². The van der Waals surface area contributed by atoms with E-state index in [0.29, 0.717) is 23.1 Å². The van der Waals surface area contributed by atoms with E-state index in [9.17, 15) is 4.79 Å². The summed E-state index contributed by atoms with van der Waals surface area (Å²) in [5.41, 5.74) is 2.38. The highest BCUT2D eigenvalue weighted by Gasteiger charge is 2.16. The van der Waals surface area contributed by atoms with E-state index in [1.807, 2.05) is 43.3 Å². The minimum Gasteiger partial charge on any atom is -0.376 e. The fourth-order valence-electron chi connectivity index (χ4n) is 2.72. The fourth-order valence-corrected chi connectivity index (χ4v) is 2.89. The van der Waals surface area contributed by atoms with Gasteiger partial charge in [0.25, 0.3) is 5.91 Å². The molecule has 2 aromatic rings. The number of hydrogen-bond donors (Lipinski definition) is 2. The monoisotopic (exact) mass is 371 g/mol. The number of aryl methyl sites for hydroxylation is 1. The SMILES string of the molecule is Cc1ccc(Cl)cc1NC(=NC[C@H]1CCCO1)NC(=O)c1ccccc1. The zero-order valence-electron chi connectivity index (χ0n) is 14.7. The second-order valence-corrected chi connectivity index (χ2v) is 6.67. The van der Waals surface area contributed by atoms with Crippen LogP contribution < -0.4 is 10.6 Å². The molecule has 1 amide bonds. The Morgan fingerprint density at radius 3 is 2.81 bits per heavy atom. The Morgan fingerprint density at radius 1 is 1.27 bits per heavy atom. The van der Waals surface area contributed by atoms with Crippen LogP contribution in [0.4, 0.5) is 5.69 Å². The third-order valence-electron chi connectivity index (χ3n) is 4.20. The number of halogens is 1. The Labute approximate surface area is 158 Å². The number of ether oxygens (including phenoxy) is 1. The van der Waals surface area contributed by atoms with Gasteiger partial charge in [0.05, 0.1) is 12.6 Å². The Balaban J connectivity index is 1.77. The highest BCUT2D eigenvalue weighted by molar-refractivity contribution is 6.31. The molecule has 3 rings (SSSR count). The maximum atomic E-state index is 12.5. The molecule has 136 valence electrons. The van der Waals surface area contributed by atoms with E-state index in [1.54, 1.807) is 12.1 Å². The lowest BCUT2D eigenvalue weighted by molar-refractivity contribution is 0.0975. The Hall–Kier alpha value is -2.37. The molecule has 0 radical (unpaired) electrons. The standard InChI is InChI=1S/C20H22ClN3O2/c1-14-9-10-16(21)12-18(14)23-20(22-13-17-8-5-11-26-17)24-19(25)15-6-3-2-4-7-15/h2-4,6-7,9-10,12,17H,5,8,11,13H2,1H3,(H2,22,23,24,25)/t17-/m1/s1. The molecule has 2 aromatic carbocycles. The van der Waals surface area contributed by atoms with Gasteiger partial charge in [-0.2, -0.15) is 0 Å². The average molecular weight is 372 g/mol. The number of benzene rings is 2. The van der Waals surface area contributed by atoms with Gasteiger partial charge in [-0.25, -0.2) is 4.99 Å². The fraction of sp³-hybridized carbons (Fsp3) is 0.300. The van der Waals surface area contributed by atoms with Crippen molar-refractivity contribution in [1.82, 2.24) is 5.32 Å². The van der Waals surface area contributed by atoms with Crippen molar-refractivity contribution in [3.63, 3.8) is 0 Å². The van der Waals surface area contributed by atoms with E-state index in [1.165, 1.54) is 0 Å². The number of carbonyl (C=O) groups excluding carboxylic acids is 1. The van der Waals surface area contributed by atoms with Crippen molar-refractivity contribution in [1.29, 1.82) is 0 Å². The molecular formula is C20H22ClN3O2. The molecule has 1 aliphatic rings. The smallest absolute Gasteiger partial charge is 0.257 e. The second kappa shape index (κ2) is 8.83. The molecule has 1 saturated heterocycles. The Morgan fingerprint density at radius 2 is 2.08 bits per heavy atom. The lowest BCUT2D eigenvalue weighted by Gasteiger charge is -2.15. The summed E-state index contributed by atoms with van der Waals surface area (Å²) in [6.45, 7) is 3.24. The summed E-state index contributed by atoms with van der Waals surface area (Å²) in [5.74, 6) is 0.170. The largest absolute Gasteiger partial charge is 0.376 e. The van der Waals surface area contributed by atoms with Crippen LogP contribution in [0.5, 0.6) is 0 Å². The number of rotatable bonds is 4. The molecular weight excluding hydrogens is 350 g/mol. The van der Waals surface area contributed by atoms with Crippen LogP contribution in [0.15, 0.2) is 53.5 Å². The molecule has 1 aliphatic heterocycles. The molecule has 6 heteroatoms. The van der Waals surface area contributed by atoms with E-state index >= 15 is 0 Å². The van der Waals surface area contributed by atoms with Gasteiger partial charge in [0.1, 0.15) is 0 Å². The van der Waals surface area contributed by atoms with Crippen LogP contribution in [0.2, 0.25) is 5.02 Å². The van der Waals surface area contributed by atoms with Crippen molar-refractivity contribution in [2.45, 2.75) is 25.9 Å². The lowest BCUT2D eigenvalue weighted by Crippen LogP contribution is -2.37. The number of guanidine groups is 1. The number of carbonyl (C=O) groups is 1. The number of hydrogen-bond acceptors (Lipinski definition) is 3. The summed E-state index contributed by atoms with van der Waals surface area (Å²) < 4.78 is 5.62. The Kier molecular flexibility index (Phi) is 6.26. The van der Waals surface area contributed by atoms with Gasteiger partial charge in [0.2, 0.25) is 5.96 Å². The maximum Gasteiger partial charge on any atom is 0.257 e. The maximum absolute atomic E-state index is 12.5. The number of amides is 1. The van der Waals surface area contributed by atoms with Gasteiger partial charge in [-0.15, -0.1) is 0 Å².